The van der Waals surface area contributed by atoms with Crippen molar-refractivity contribution in [2.75, 3.05) is 18.5 Å². The van der Waals surface area contributed by atoms with Crippen LogP contribution in [0.4, 0.5) is 5.69 Å². The highest BCUT2D eigenvalue weighted by atomic mass is 16.5. The third-order valence-corrected chi connectivity index (χ3v) is 3.62. The lowest BCUT2D eigenvalue weighted by Gasteiger charge is -2.12. The number of amides is 1. The Hall–Kier alpha value is -2.27. The van der Waals surface area contributed by atoms with E-state index >= 15 is 0 Å². The summed E-state index contributed by atoms with van der Waals surface area (Å²) in [6.07, 6.45) is 3.80. The Balaban J connectivity index is 1.61. The molecular formula is C17H19NO4. The fourth-order valence-electron chi connectivity index (χ4n) is 2.42. The van der Waals surface area contributed by atoms with Gasteiger partial charge in [-0.3, -0.25) is 4.79 Å². The molecule has 1 saturated heterocycles. The predicted octanol–water partition coefficient (Wildman–Crippen LogP) is 3.40. The molecule has 2 heterocycles. The molecule has 0 spiro atoms. The van der Waals surface area contributed by atoms with E-state index in [0.717, 1.165) is 25.0 Å². The number of aryl methyl sites for hydroxylation is 1. The summed E-state index contributed by atoms with van der Waals surface area (Å²) in [6, 6.07) is 9.08. The minimum atomic E-state index is -0.265. The fraction of sp³-hybridized carbons (Fsp3) is 0.353. The molecule has 1 aliphatic rings. The maximum atomic E-state index is 12.1. The number of hydrogen-bond donors (Lipinski definition) is 1. The Bertz CT molecular complexity index is 644. The monoisotopic (exact) mass is 301 g/mol. The molecule has 1 aromatic heterocycles. The largest absolute Gasteiger partial charge is 0.491 e. The van der Waals surface area contributed by atoms with Crippen LogP contribution in [-0.2, 0) is 4.74 Å². The van der Waals surface area contributed by atoms with Crippen LogP contribution < -0.4 is 10.1 Å². The molecule has 5 heteroatoms. The van der Waals surface area contributed by atoms with Crippen LogP contribution in [0.3, 0.4) is 0 Å². The van der Waals surface area contributed by atoms with Gasteiger partial charge in [0, 0.05) is 23.9 Å². The van der Waals surface area contributed by atoms with E-state index < -0.39 is 0 Å². The molecule has 5 nitrogen and oxygen atoms in total. The summed E-state index contributed by atoms with van der Waals surface area (Å²) in [5.41, 5.74) is 1.48. The van der Waals surface area contributed by atoms with Gasteiger partial charge in [0.25, 0.3) is 5.91 Å². The number of ether oxygens (including phenoxy) is 2. The summed E-state index contributed by atoms with van der Waals surface area (Å²) < 4.78 is 16.4. The Morgan fingerprint density at radius 2 is 2.32 bits per heavy atom. The number of rotatable bonds is 5. The molecule has 0 bridgehead atoms. The number of carbonyl (C=O) groups is 1. The van der Waals surface area contributed by atoms with Gasteiger partial charge in [0.2, 0.25) is 0 Å². The maximum Gasteiger partial charge on any atom is 0.291 e. The number of carbonyl (C=O) groups excluding carboxylic acids is 1. The van der Waals surface area contributed by atoms with Crippen LogP contribution in [0.15, 0.2) is 41.0 Å². The van der Waals surface area contributed by atoms with Gasteiger partial charge in [-0.25, -0.2) is 0 Å². The highest BCUT2D eigenvalue weighted by molar-refractivity contribution is 6.03. The third-order valence-electron chi connectivity index (χ3n) is 3.62. The van der Waals surface area contributed by atoms with E-state index in [1.807, 2.05) is 25.1 Å². The zero-order chi connectivity index (χ0) is 15.4. The van der Waals surface area contributed by atoms with Gasteiger partial charge in [0.1, 0.15) is 12.4 Å². The first kappa shape index (κ1) is 14.7. The smallest absolute Gasteiger partial charge is 0.291 e. The summed E-state index contributed by atoms with van der Waals surface area (Å²) in [4.78, 5) is 12.1. The van der Waals surface area contributed by atoms with E-state index in [9.17, 15) is 4.79 Å². The van der Waals surface area contributed by atoms with E-state index in [1.165, 1.54) is 6.26 Å². The lowest BCUT2D eigenvalue weighted by atomic mass is 10.2. The Labute approximate surface area is 129 Å². The number of nitrogens with one attached hydrogen (secondary N) is 1. The van der Waals surface area contributed by atoms with Gasteiger partial charge in [0.15, 0.2) is 5.76 Å². The molecule has 0 aliphatic carbocycles. The summed E-state index contributed by atoms with van der Waals surface area (Å²) >= 11 is 0. The van der Waals surface area contributed by atoms with Crippen molar-refractivity contribution < 1.29 is 18.7 Å². The second kappa shape index (κ2) is 6.66. The van der Waals surface area contributed by atoms with Crippen molar-refractivity contribution in [3.63, 3.8) is 0 Å². The molecule has 116 valence electrons. The van der Waals surface area contributed by atoms with E-state index in [4.69, 9.17) is 13.9 Å². The molecule has 1 N–H and O–H groups in total. The molecule has 2 aromatic rings. The van der Waals surface area contributed by atoms with Crippen molar-refractivity contribution in [1.82, 2.24) is 0 Å². The van der Waals surface area contributed by atoms with Crippen molar-refractivity contribution >= 4 is 11.6 Å². The van der Waals surface area contributed by atoms with E-state index in [0.29, 0.717) is 23.8 Å². The van der Waals surface area contributed by atoms with Crippen LogP contribution in [0.5, 0.6) is 5.75 Å². The third kappa shape index (κ3) is 3.49. The normalized spacial score (nSPS) is 17.4. The maximum absolute atomic E-state index is 12.1. The number of furan rings is 1. The molecule has 22 heavy (non-hydrogen) atoms. The number of benzene rings is 1. The van der Waals surface area contributed by atoms with Crippen LogP contribution in [0, 0.1) is 6.92 Å². The standard InChI is InChI=1S/C17H19NO4/c1-12-7-9-21-16(12)17(19)18-13-4-2-5-14(10-13)22-11-15-6-3-8-20-15/h2,4-5,7,9-10,15H,3,6,8,11H2,1H3,(H,18,19). The lowest BCUT2D eigenvalue weighted by molar-refractivity contribution is 0.0679. The van der Waals surface area contributed by atoms with Gasteiger partial charge in [-0.1, -0.05) is 6.07 Å². The van der Waals surface area contributed by atoms with Crippen LogP contribution in [0.25, 0.3) is 0 Å². The van der Waals surface area contributed by atoms with Crippen molar-refractivity contribution in [1.29, 1.82) is 0 Å². The Kier molecular flexibility index (Phi) is 4.44. The van der Waals surface area contributed by atoms with E-state index in [-0.39, 0.29) is 12.0 Å². The summed E-state index contributed by atoms with van der Waals surface area (Å²) in [5.74, 6) is 0.772. The summed E-state index contributed by atoms with van der Waals surface area (Å²) in [7, 11) is 0. The van der Waals surface area contributed by atoms with Crippen molar-refractivity contribution in [2.45, 2.75) is 25.9 Å². The van der Waals surface area contributed by atoms with Gasteiger partial charge < -0.3 is 19.2 Å². The first-order valence-corrected chi connectivity index (χ1v) is 7.42. The summed E-state index contributed by atoms with van der Waals surface area (Å²) in [6.45, 7) is 3.18. The van der Waals surface area contributed by atoms with Crippen LogP contribution in [-0.4, -0.2) is 25.2 Å². The molecule has 3 rings (SSSR count). The van der Waals surface area contributed by atoms with Gasteiger partial charge in [-0.05, 0) is 38.0 Å². The van der Waals surface area contributed by atoms with Crippen molar-refractivity contribution in [3.8, 4) is 5.75 Å². The molecule has 0 radical (unpaired) electrons. The first-order chi connectivity index (χ1) is 10.7. The number of anilines is 1. The molecule has 1 fully saturated rings. The molecule has 1 aromatic carbocycles. The molecule has 1 aliphatic heterocycles. The highest BCUT2D eigenvalue weighted by Gasteiger charge is 2.16. The van der Waals surface area contributed by atoms with E-state index in [1.54, 1.807) is 12.1 Å². The van der Waals surface area contributed by atoms with Gasteiger partial charge in [0.05, 0.1) is 12.4 Å². The van der Waals surface area contributed by atoms with Gasteiger partial charge in [-0.15, -0.1) is 0 Å². The Morgan fingerprint density at radius 1 is 1.41 bits per heavy atom. The average molecular weight is 301 g/mol. The Morgan fingerprint density at radius 3 is 3.05 bits per heavy atom. The van der Waals surface area contributed by atoms with Gasteiger partial charge in [-0.2, -0.15) is 0 Å². The quantitative estimate of drug-likeness (QED) is 0.919. The zero-order valence-electron chi connectivity index (χ0n) is 12.5. The minimum absolute atomic E-state index is 0.170. The average Bonchev–Trinajstić information content (AvgIpc) is 3.16. The number of hydrogen-bond acceptors (Lipinski definition) is 4. The predicted molar refractivity (Wildman–Crippen MR) is 82.3 cm³/mol. The van der Waals surface area contributed by atoms with Crippen LogP contribution >= 0.6 is 0 Å². The first-order valence-electron chi connectivity index (χ1n) is 7.42. The summed E-state index contributed by atoms with van der Waals surface area (Å²) in [5, 5.41) is 2.81. The molecular weight excluding hydrogens is 282 g/mol. The van der Waals surface area contributed by atoms with E-state index in [2.05, 4.69) is 5.32 Å². The second-order valence-electron chi connectivity index (χ2n) is 5.36. The molecule has 1 unspecified atom stereocenters. The second-order valence-corrected chi connectivity index (χ2v) is 5.36. The van der Waals surface area contributed by atoms with Crippen LogP contribution in [0.2, 0.25) is 0 Å². The SMILES string of the molecule is Cc1ccoc1C(=O)Nc1cccc(OCC2CCCO2)c1. The topological polar surface area (TPSA) is 60.7 Å². The molecule has 1 amide bonds. The minimum Gasteiger partial charge on any atom is -0.491 e. The van der Waals surface area contributed by atoms with Gasteiger partial charge >= 0.3 is 0 Å². The fourth-order valence-corrected chi connectivity index (χ4v) is 2.42. The lowest BCUT2D eigenvalue weighted by Crippen LogP contribution is -2.16. The highest BCUT2D eigenvalue weighted by Crippen LogP contribution is 2.20. The molecule has 1 atom stereocenters. The molecule has 0 saturated carbocycles. The van der Waals surface area contributed by atoms with Crippen LogP contribution in [0.1, 0.15) is 29.0 Å². The van der Waals surface area contributed by atoms with Crippen molar-refractivity contribution in [3.05, 3.63) is 47.9 Å². The van der Waals surface area contributed by atoms with Crippen molar-refractivity contribution in [2.24, 2.45) is 0 Å². The zero-order valence-corrected chi connectivity index (χ0v) is 12.5.